The summed E-state index contributed by atoms with van der Waals surface area (Å²) in [5, 5.41) is 12.1. The molecule has 2 N–H and O–H groups in total. The number of fused-ring (bicyclic) bond motifs is 1. The van der Waals surface area contributed by atoms with Gasteiger partial charge in [-0.05, 0) is 41.6 Å². The lowest BCUT2D eigenvalue weighted by Gasteiger charge is -2.15. The lowest BCUT2D eigenvalue weighted by molar-refractivity contribution is 0.0948. The van der Waals surface area contributed by atoms with E-state index in [9.17, 15) is 18.3 Å². The molecule has 0 saturated heterocycles. The predicted molar refractivity (Wildman–Crippen MR) is 110 cm³/mol. The first-order valence-corrected chi connectivity index (χ1v) is 11.3. The summed E-state index contributed by atoms with van der Waals surface area (Å²) < 4.78 is 23.9. The van der Waals surface area contributed by atoms with Crippen LogP contribution in [0.25, 0.3) is 0 Å². The zero-order chi connectivity index (χ0) is 20.3. The molecule has 0 fully saturated rings. The van der Waals surface area contributed by atoms with Crippen molar-refractivity contribution in [2.45, 2.75) is 31.0 Å². The van der Waals surface area contributed by atoms with Crippen molar-refractivity contribution in [3.63, 3.8) is 0 Å². The molecule has 148 valence electrons. The van der Waals surface area contributed by atoms with E-state index < -0.39 is 15.9 Å². The van der Waals surface area contributed by atoms with Crippen molar-refractivity contribution < 1.29 is 18.3 Å². The summed E-state index contributed by atoms with van der Waals surface area (Å²) in [6.45, 7) is 6.86. The summed E-state index contributed by atoms with van der Waals surface area (Å²) in [7, 11) is -3.29. The number of sulfone groups is 1. The van der Waals surface area contributed by atoms with Crippen molar-refractivity contribution in [3.05, 3.63) is 76.3 Å². The van der Waals surface area contributed by atoms with Crippen LogP contribution in [0.3, 0.4) is 0 Å². The summed E-state index contributed by atoms with van der Waals surface area (Å²) in [6.07, 6.45) is 4.11. The monoisotopic (exact) mass is 418 g/mol. The third-order valence-electron chi connectivity index (χ3n) is 4.64. The second-order valence-electron chi connectivity index (χ2n) is 6.41. The van der Waals surface area contributed by atoms with Gasteiger partial charge in [0, 0.05) is 11.4 Å². The van der Waals surface area contributed by atoms with E-state index in [1.165, 1.54) is 29.5 Å². The lowest BCUT2D eigenvalue weighted by atomic mass is 10.1. The molecule has 0 radical (unpaired) electrons. The minimum absolute atomic E-state index is 0.0232. The number of nitrogens with zero attached hydrogens (tertiary/aromatic N) is 1. The zero-order valence-electron chi connectivity index (χ0n) is 15.5. The lowest BCUT2D eigenvalue weighted by Crippen LogP contribution is -2.26. The fourth-order valence-corrected chi connectivity index (χ4v) is 5.01. The smallest absolute Gasteiger partial charge is 0.262 e. The average Bonchev–Trinajstić information content (AvgIpc) is 3.26. The number of carbonyl (C=O) groups is 1. The second kappa shape index (κ2) is 8.20. The molecular formula is C20H22N2O4S2. The van der Waals surface area contributed by atoms with Gasteiger partial charge < -0.3 is 15.3 Å². The van der Waals surface area contributed by atoms with Crippen LogP contribution in [0.15, 0.2) is 60.3 Å². The maximum atomic E-state index is 12.7. The quantitative estimate of drug-likeness (QED) is 0.672. The van der Waals surface area contributed by atoms with Crippen LogP contribution in [0.4, 0.5) is 0 Å². The Kier molecular flexibility index (Phi) is 5.90. The molecule has 1 aromatic carbocycles. The maximum absolute atomic E-state index is 12.7. The molecule has 1 amide bonds. The second-order valence-corrected chi connectivity index (χ2v) is 9.83. The molecule has 8 heteroatoms. The number of aliphatic hydroxyl groups is 1. The Hall–Kier alpha value is -2.58. The maximum Gasteiger partial charge on any atom is 0.262 e. The van der Waals surface area contributed by atoms with Gasteiger partial charge in [-0.25, -0.2) is 8.42 Å². The molecule has 28 heavy (non-hydrogen) atoms. The first-order chi connectivity index (χ1) is 13.4. The average molecular weight is 419 g/mol. The highest BCUT2D eigenvalue weighted by Gasteiger charge is 2.23. The van der Waals surface area contributed by atoms with Crippen LogP contribution in [-0.4, -0.2) is 30.1 Å². The molecule has 0 saturated carbocycles. The molecule has 0 spiro atoms. The summed E-state index contributed by atoms with van der Waals surface area (Å²) >= 11 is 1.45. The van der Waals surface area contributed by atoms with Crippen molar-refractivity contribution in [2.24, 2.45) is 0 Å². The number of carbonyl (C=O) groups excluding carboxylic acids is 1. The first kappa shape index (κ1) is 20.2. The van der Waals surface area contributed by atoms with Crippen LogP contribution in [0, 0.1) is 0 Å². The SMILES string of the molecule is C=CN1Cc2cc(C(=O)N[C@@H](/C=C/O)c3ccc(S(=O)(=O)CC)cc3)sc2C1. The minimum Gasteiger partial charge on any atom is -0.516 e. The van der Waals surface area contributed by atoms with Gasteiger partial charge in [-0.15, -0.1) is 11.3 Å². The molecule has 0 bridgehead atoms. The molecule has 1 aromatic heterocycles. The number of thiophene rings is 1. The summed E-state index contributed by atoms with van der Waals surface area (Å²) in [5.41, 5.74) is 1.80. The predicted octanol–water partition coefficient (Wildman–Crippen LogP) is 3.54. The first-order valence-electron chi connectivity index (χ1n) is 8.80. The minimum atomic E-state index is -3.29. The Morgan fingerprint density at radius 2 is 2.07 bits per heavy atom. The number of nitrogens with one attached hydrogen (secondary N) is 1. The number of hydrogen-bond acceptors (Lipinski definition) is 6. The highest BCUT2D eigenvalue weighted by atomic mass is 32.2. The summed E-state index contributed by atoms with van der Waals surface area (Å²) in [6, 6.07) is 7.63. The molecule has 3 rings (SSSR count). The van der Waals surface area contributed by atoms with E-state index in [0.29, 0.717) is 10.4 Å². The molecule has 6 nitrogen and oxygen atoms in total. The van der Waals surface area contributed by atoms with Gasteiger partial charge in [0.25, 0.3) is 5.91 Å². The van der Waals surface area contributed by atoms with Crippen molar-refractivity contribution >= 4 is 27.1 Å². The van der Waals surface area contributed by atoms with Gasteiger partial charge in [-0.2, -0.15) is 0 Å². The van der Waals surface area contributed by atoms with Crippen LogP contribution in [0.2, 0.25) is 0 Å². The van der Waals surface area contributed by atoms with Gasteiger partial charge in [0.05, 0.1) is 34.4 Å². The molecule has 0 unspecified atom stereocenters. The topological polar surface area (TPSA) is 86.7 Å². The van der Waals surface area contributed by atoms with E-state index in [4.69, 9.17) is 0 Å². The van der Waals surface area contributed by atoms with Crippen molar-refractivity contribution in [1.29, 1.82) is 0 Å². The van der Waals surface area contributed by atoms with E-state index in [1.54, 1.807) is 25.3 Å². The third kappa shape index (κ3) is 4.13. The largest absolute Gasteiger partial charge is 0.516 e. The van der Waals surface area contributed by atoms with Crippen molar-refractivity contribution in [2.75, 3.05) is 5.75 Å². The number of hydrogen-bond donors (Lipinski definition) is 2. The highest BCUT2D eigenvalue weighted by molar-refractivity contribution is 7.91. The Balaban J connectivity index is 1.77. The molecule has 1 aliphatic rings. The molecule has 0 aliphatic carbocycles. The van der Waals surface area contributed by atoms with Gasteiger partial charge in [0.2, 0.25) is 0 Å². The third-order valence-corrected chi connectivity index (χ3v) is 7.55. The van der Waals surface area contributed by atoms with Gasteiger partial charge >= 0.3 is 0 Å². The van der Waals surface area contributed by atoms with Crippen molar-refractivity contribution in [3.8, 4) is 0 Å². The van der Waals surface area contributed by atoms with E-state index in [0.717, 1.165) is 29.8 Å². The molecular weight excluding hydrogens is 396 g/mol. The van der Waals surface area contributed by atoms with Crippen molar-refractivity contribution in [1.82, 2.24) is 10.2 Å². The Labute approximate surface area is 168 Å². The Morgan fingerprint density at radius 3 is 2.64 bits per heavy atom. The Morgan fingerprint density at radius 1 is 1.36 bits per heavy atom. The summed E-state index contributed by atoms with van der Waals surface area (Å²) in [4.78, 5) is 16.7. The van der Waals surface area contributed by atoms with Crippen LogP contribution in [0.1, 0.15) is 38.6 Å². The van der Waals surface area contributed by atoms with Gasteiger partial charge in [-0.3, -0.25) is 4.79 Å². The number of aliphatic hydroxyl groups excluding tert-OH is 1. The molecule has 2 aromatic rings. The number of amides is 1. The molecule has 1 aliphatic heterocycles. The van der Waals surface area contributed by atoms with E-state index in [-0.39, 0.29) is 16.6 Å². The number of rotatable bonds is 7. The summed E-state index contributed by atoms with van der Waals surface area (Å²) in [5.74, 6) is -0.215. The molecule has 1 atom stereocenters. The molecule has 2 heterocycles. The van der Waals surface area contributed by atoms with Gasteiger partial charge in [0.15, 0.2) is 9.84 Å². The van der Waals surface area contributed by atoms with E-state index in [2.05, 4.69) is 16.8 Å². The normalized spacial score (nSPS) is 14.8. The highest BCUT2D eigenvalue weighted by Crippen LogP contribution is 2.31. The fraction of sp³-hybridized carbons (Fsp3) is 0.250. The van der Waals surface area contributed by atoms with Crippen LogP contribution >= 0.6 is 11.3 Å². The van der Waals surface area contributed by atoms with Crippen LogP contribution in [0.5, 0.6) is 0 Å². The zero-order valence-corrected chi connectivity index (χ0v) is 17.1. The number of benzene rings is 1. The van der Waals surface area contributed by atoms with Gasteiger partial charge in [0.1, 0.15) is 0 Å². The standard InChI is InChI=1S/C20H22N2O4S2/c1-3-22-12-15-11-18(27-19(15)13-22)20(24)21-17(9-10-23)14-5-7-16(8-6-14)28(25,26)4-2/h3,5-11,17,23H,1,4,12-13H2,2H3,(H,21,24)/b10-9+/t17-/m0/s1. The fourth-order valence-electron chi connectivity index (χ4n) is 3.02. The Bertz CT molecular complexity index is 984. The van der Waals surface area contributed by atoms with E-state index >= 15 is 0 Å². The van der Waals surface area contributed by atoms with Gasteiger partial charge in [-0.1, -0.05) is 25.6 Å². The van der Waals surface area contributed by atoms with Crippen LogP contribution < -0.4 is 5.32 Å². The van der Waals surface area contributed by atoms with E-state index in [1.807, 2.05) is 6.07 Å². The van der Waals surface area contributed by atoms with Crippen LogP contribution in [-0.2, 0) is 22.9 Å².